The number of aliphatic imine (C=N–C) groups is 1. The molecule has 2 nitrogen and oxygen atoms in total. The van der Waals surface area contributed by atoms with Crippen molar-refractivity contribution in [2.75, 3.05) is 12.0 Å². The van der Waals surface area contributed by atoms with Crippen LogP contribution in [0.2, 0.25) is 0 Å². The highest BCUT2D eigenvalue weighted by atomic mass is 32.2. The van der Waals surface area contributed by atoms with E-state index < -0.39 is 11.7 Å². The number of thioether (sulfide) groups is 1. The van der Waals surface area contributed by atoms with Crippen molar-refractivity contribution in [3.8, 4) is 0 Å². The van der Waals surface area contributed by atoms with Crippen LogP contribution in [-0.2, 0) is 12.6 Å². The monoisotopic (exact) mass is 392 g/mol. The van der Waals surface area contributed by atoms with Crippen molar-refractivity contribution in [3.05, 3.63) is 76.0 Å². The Morgan fingerprint density at radius 2 is 1.78 bits per heavy atom. The predicted molar refractivity (Wildman–Crippen MR) is 109 cm³/mol. The molecule has 0 aliphatic heterocycles. The summed E-state index contributed by atoms with van der Waals surface area (Å²) in [5.41, 5.74) is 10.0. The molecule has 0 fully saturated rings. The summed E-state index contributed by atoms with van der Waals surface area (Å²) in [5.74, 6) is 0. The molecule has 0 saturated carbocycles. The van der Waals surface area contributed by atoms with Gasteiger partial charge in [-0.2, -0.15) is 13.2 Å². The molecule has 0 amide bonds. The molecule has 0 saturated heterocycles. The Morgan fingerprint density at radius 1 is 1.11 bits per heavy atom. The zero-order valence-electron chi connectivity index (χ0n) is 15.9. The van der Waals surface area contributed by atoms with E-state index in [0.717, 1.165) is 22.8 Å². The number of aryl methyl sites for hydroxylation is 3. The number of allylic oxidation sites excluding steroid dienone is 1. The molecule has 0 spiro atoms. The molecular weight excluding hydrogens is 369 g/mol. The van der Waals surface area contributed by atoms with Crippen LogP contribution in [0.5, 0.6) is 0 Å². The average Bonchev–Trinajstić information content (AvgIpc) is 2.57. The van der Waals surface area contributed by atoms with Crippen LogP contribution in [0.4, 0.5) is 18.9 Å². The minimum Gasteiger partial charge on any atom is -0.399 e. The molecule has 0 aliphatic rings. The second kappa shape index (κ2) is 8.21. The van der Waals surface area contributed by atoms with Gasteiger partial charge in [-0.15, -0.1) is 11.8 Å². The van der Waals surface area contributed by atoms with E-state index in [4.69, 9.17) is 5.73 Å². The van der Waals surface area contributed by atoms with E-state index in [1.54, 1.807) is 19.2 Å². The first-order chi connectivity index (χ1) is 12.5. The number of anilines is 1. The maximum Gasteiger partial charge on any atom is 0.417 e. The highest BCUT2D eigenvalue weighted by molar-refractivity contribution is 8.13. The molecule has 0 unspecified atom stereocenters. The van der Waals surface area contributed by atoms with E-state index in [0.29, 0.717) is 28.4 Å². The van der Waals surface area contributed by atoms with E-state index in [-0.39, 0.29) is 5.56 Å². The molecule has 27 heavy (non-hydrogen) atoms. The first-order valence-electron chi connectivity index (χ1n) is 8.37. The molecule has 6 heteroatoms. The largest absolute Gasteiger partial charge is 0.417 e. The summed E-state index contributed by atoms with van der Waals surface area (Å²) in [6, 6.07) is 8.14. The van der Waals surface area contributed by atoms with Crippen LogP contribution in [0.15, 0.2) is 47.6 Å². The van der Waals surface area contributed by atoms with Crippen LogP contribution >= 0.6 is 11.8 Å². The fraction of sp³-hybridized carbons (Fsp3) is 0.286. The number of alkyl halides is 3. The molecule has 2 N–H and O–H groups in total. The normalized spacial score (nSPS) is 12.3. The van der Waals surface area contributed by atoms with Gasteiger partial charge in [0, 0.05) is 23.4 Å². The number of halogens is 3. The van der Waals surface area contributed by atoms with Gasteiger partial charge in [0.2, 0.25) is 0 Å². The number of hydrogen-bond acceptors (Lipinski definition) is 3. The number of benzene rings is 2. The third kappa shape index (κ3) is 5.16. The highest BCUT2D eigenvalue weighted by Crippen LogP contribution is 2.34. The Morgan fingerprint density at radius 3 is 2.37 bits per heavy atom. The molecule has 0 aliphatic carbocycles. The van der Waals surface area contributed by atoms with Crippen molar-refractivity contribution in [1.82, 2.24) is 0 Å². The molecule has 0 aromatic heterocycles. The topological polar surface area (TPSA) is 38.4 Å². The Labute approximate surface area is 162 Å². The number of rotatable bonds is 4. The zero-order chi connectivity index (χ0) is 20.4. The third-order valence-electron chi connectivity index (χ3n) is 4.28. The Hall–Kier alpha value is -2.21. The van der Waals surface area contributed by atoms with Gasteiger partial charge >= 0.3 is 6.18 Å². The van der Waals surface area contributed by atoms with Crippen LogP contribution in [0, 0.1) is 20.8 Å². The number of nitrogens with zero attached hydrogens (tertiary/aromatic N) is 1. The predicted octanol–water partition coefficient (Wildman–Crippen LogP) is 6.08. The maximum atomic E-state index is 13.4. The molecule has 2 aromatic rings. The summed E-state index contributed by atoms with van der Waals surface area (Å²) in [6.45, 7) is 9.45. The maximum absolute atomic E-state index is 13.4. The molecular formula is C21H23F3N2S. The van der Waals surface area contributed by atoms with Crippen molar-refractivity contribution in [3.63, 3.8) is 0 Å². The van der Waals surface area contributed by atoms with Gasteiger partial charge in [-0.05, 0) is 55.9 Å². The van der Waals surface area contributed by atoms with E-state index in [1.165, 1.54) is 17.8 Å². The third-order valence-corrected chi connectivity index (χ3v) is 4.98. The van der Waals surface area contributed by atoms with E-state index >= 15 is 0 Å². The van der Waals surface area contributed by atoms with E-state index in [2.05, 4.69) is 11.6 Å². The lowest BCUT2D eigenvalue weighted by Crippen LogP contribution is -2.12. The van der Waals surface area contributed by atoms with Gasteiger partial charge < -0.3 is 5.73 Å². The fourth-order valence-corrected chi connectivity index (χ4v) is 3.40. The molecule has 0 radical (unpaired) electrons. The molecule has 0 bridgehead atoms. The van der Waals surface area contributed by atoms with Gasteiger partial charge in [-0.25, -0.2) is 4.99 Å². The smallest absolute Gasteiger partial charge is 0.399 e. The zero-order valence-corrected chi connectivity index (χ0v) is 16.7. The SMILES string of the molecule is C=C(Cc1cc(C)c(N)cc1C)N=C(SC)c1ccc(C)cc1C(F)(F)F. The van der Waals surface area contributed by atoms with Gasteiger partial charge in [0.1, 0.15) is 5.04 Å². The van der Waals surface area contributed by atoms with Crippen molar-refractivity contribution in [2.45, 2.75) is 33.4 Å². The van der Waals surface area contributed by atoms with Gasteiger partial charge in [0.05, 0.1) is 5.56 Å². The first-order valence-corrected chi connectivity index (χ1v) is 9.59. The Kier molecular flexibility index (Phi) is 6.42. The highest BCUT2D eigenvalue weighted by Gasteiger charge is 2.34. The second-order valence-corrected chi connectivity index (χ2v) is 7.34. The summed E-state index contributed by atoms with van der Waals surface area (Å²) in [6.07, 6.45) is -2.28. The number of nitrogens with two attached hydrogens (primary N) is 1. The quantitative estimate of drug-likeness (QED) is 0.389. The fourth-order valence-electron chi connectivity index (χ4n) is 2.79. The lowest BCUT2D eigenvalue weighted by Gasteiger charge is -2.15. The summed E-state index contributed by atoms with van der Waals surface area (Å²) in [7, 11) is 0. The van der Waals surface area contributed by atoms with Crippen LogP contribution < -0.4 is 5.73 Å². The Balaban J connectivity index is 2.40. The molecule has 0 heterocycles. The number of nitrogen functional groups attached to an aromatic ring is 1. The van der Waals surface area contributed by atoms with Gasteiger partial charge in [-0.1, -0.05) is 30.3 Å². The summed E-state index contributed by atoms with van der Waals surface area (Å²) < 4.78 is 40.3. The van der Waals surface area contributed by atoms with Crippen LogP contribution in [0.1, 0.15) is 33.4 Å². The van der Waals surface area contributed by atoms with Crippen molar-refractivity contribution in [1.29, 1.82) is 0 Å². The molecule has 144 valence electrons. The molecule has 2 rings (SSSR count). The Bertz CT molecular complexity index is 899. The van der Waals surface area contributed by atoms with E-state index in [1.807, 2.05) is 26.0 Å². The first kappa shape index (κ1) is 21.1. The number of hydrogen-bond donors (Lipinski definition) is 1. The van der Waals surface area contributed by atoms with Crippen molar-refractivity contribution >= 4 is 22.5 Å². The summed E-state index contributed by atoms with van der Waals surface area (Å²) in [4.78, 5) is 4.41. The van der Waals surface area contributed by atoms with Gasteiger partial charge in [0.25, 0.3) is 0 Å². The summed E-state index contributed by atoms with van der Waals surface area (Å²) >= 11 is 1.18. The molecule has 0 atom stereocenters. The lowest BCUT2D eigenvalue weighted by molar-refractivity contribution is -0.137. The average molecular weight is 392 g/mol. The van der Waals surface area contributed by atoms with Crippen LogP contribution in [0.3, 0.4) is 0 Å². The van der Waals surface area contributed by atoms with Crippen LogP contribution in [-0.4, -0.2) is 11.3 Å². The lowest BCUT2D eigenvalue weighted by atomic mass is 10.0. The van der Waals surface area contributed by atoms with Gasteiger partial charge in [-0.3, -0.25) is 0 Å². The minimum atomic E-state index is -4.44. The second-order valence-electron chi connectivity index (χ2n) is 6.55. The summed E-state index contributed by atoms with van der Waals surface area (Å²) in [5, 5.41) is 0.303. The van der Waals surface area contributed by atoms with Crippen molar-refractivity contribution < 1.29 is 13.2 Å². The minimum absolute atomic E-state index is 0.0759. The van der Waals surface area contributed by atoms with E-state index in [9.17, 15) is 13.2 Å². The standard InChI is InChI=1S/C21H23F3N2S/c1-12-6-7-17(18(8-12)21(22,23)24)20(27-5)26-15(4)11-16-9-14(3)19(25)10-13(16)2/h6-10H,4,11,25H2,1-3,5H3. The van der Waals surface area contributed by atoms with Crippen molar-refractivity contribution in [2.24, 2.45) is 4.99 Å². The van der Waals surface area contributed by atoms with Gasteiger partial charge in [0.15, 0.2) is 0 Å². The molecule has 2 aromatic carbocycles. The van der Waals surface area contributed by atoms with Crippen LogP contribution in [0.25, 0.3) is 0 Å².